The van der Waals surface area contributed by atoms with Crippen molar-refractivity contribution in [2.24, 2.45) is 0 Å². The smallest absolute Gasteiger partial charge is 0.496 e. The van der Waals surface area contributed by atoms with Crippen LogP contribution >= 0.6 is 0 Å². The molecule has 0 radical (unpaired) electrons. The number of para-hydroxylation sites is 3. The largest absolute Gasteiger partial charge is 0.513 e. The number of hydrogen-bond donors (Lipinski definition) is 2. The first-order valence-electron chi connectivity index (χ1n) is 9.81. The molecule has 0 saturated heterocycles. The van der Waals surface area contributed by atoms with Crippen LogP contribution in [0.4, 0.5) is 16.2 Å². The number of carbonyl (C=O) groups excluding carboxylic acids is 3. The third kappa shape index (κ3) is 5.63. The Bertz CT molecular complexity index is 1110. The fraction of sp³-hybridized carbons (Fsp3) is 0.125. The van der Waals surface area contributed by atoms with E-state index in [1.165, 1.54) is 31.4 Å². The number of amides is 2. The molecule has 0 bridgehead atoms. The second kappa shape index (κ2) is 10.6. The number of benzene rings is 3. The molecule has 0 spiro atoms. The maximum absolute atomic E-state index is 12.7. The first kappa shape index (κ1) is 22.4. The average Bonchev–Trinajstić information content (AvgIpc) is 2.80. The maximum atomic E-state index is 12.7. The van der Waals surface area contributed by atoms with Gasteiger partial charge in [-0.25, -0.2) is 4.79 Å². The highest BCUT2D eigenvalue weighted by atomic mass is 16.7. The highest BCUT2D eigenvalue weighted by Crippen LogP contribution is 2.25. The third-order valence-electron chi connectivity index (χ3n) is 4.35. The van der Waals surface area contributed by atoms with Crippen LogP contribution in [0.15, 0.2) is 72.8 Å². The summed E-state index contributed by atoms with van der Waals surface area (Å²) in [4.78, 5) is 36.8. The standard InChI is InChI=1S/C24H22N2O6/c1-3-31-24(29)32-17-14-12-16(13-15-17)22(27)25-19-9-5-6-10-20(19)26-23(28)18-8-4-7-11-21(18)30-2/h4-15H,3H2,1-2H3,(H,25,27)(H,26,28). The minimum atomic E-state index is -0.815. The quantitative estimate of drug-likeness (QED) is 0.411. The molecule has 2 amide bonds. The van der Waals surface area contributed by atoms with E-state index in [-0.39, 0.29) is 18.3 Å². The molecule has 0 heterocycles. The molecule has 0 aliphatic heterocycles. The number of ether oxygens (including phenoxy) is 3. The van der Waals surface area contributed by atoms with E-state index in [0.29, 0.717) is 28.3 Å². The van der Waals surface area contributed by atoms with Crippen LogP contribution in [0.2, 0.25) is 0 Å². The molecule has 32 heavy (non-hydrogen) atoms. The summed E-state index contributed by atoms with van der Waals surface area (Å²) in [5.41, 5.74) is 1.56. The summed E-state index contributed by atoms with van der Waals surface area (Å²) >= 11 is 0. The lowest BCUT2D eigenvalue weighted by Crippen LogP contribution is -2.17. The Kier molecular flexibility index (Phi) is 7.42. The summed E-state index contributed by atoms with van der Waals surface area (Å²) < 4.78 is 14.9. The van der Waals surface area contributed by atoms with Crippen LogP contribution < -0.4 is 20.1 Å². The second-order valence-corrected chi connectivity index (χ2v) is 6.46. The normalized spacial score (nSPS) is 10.1. The van der Waals surface area contributed by atoms with Crippen LogP contribution in [-0.4, -0.2) is 31.7 Å². The fourth-order valence-electron chi connectivity index (χ4n) is 2.84. The minimum Gasteiger partial charge on any atom is -0.496 e. The van der Waals surface area contributed by atoms with Gasteiger partial charge in [-0.2, -0.15) is 0 Å². The first-order valence-corrected chi connectivity index (χ1v) is 9.81. The van der Waals surface area contributed by atoms with Gasteiger partial charge in [0.05, 0.1) is 30.7 Å². The monoisotopic (exact) mass is 434 g/mol. The Morgan fingerprint density at radius 1 is 0.781 bits per heavy atom. The summed E-state index contributed by atoms with van der Waals surface area (Å²) in [5.74, 6) is -0.0718. The van der Waals surface area contributed by atoms with Crippen molar-refractivity contribution in [2.45, 2.75) is 6.92 Å². The van der Waals surface area contributed by atoms with Crippen LogP contribution in [0, 0.1) is 0 Å². The van der Waals surface area contributed by atoms with Crippen molar-refractivity contribution in [1.29, 1.82) is 0 Å². The average molecular weight is 434 g/mol. The van der Waals surface area contributed by atoms with Crippen LogP contribution in [0.3, 0.4) is 0 Å². The fourth-order valence-corrected chi connectivity index (χ4v) is 2.84. The molecule has 0 aliphatic carbocycles. The molecule has 0 unspecified atom stereocenters. The molecule has 2 N–H and O–H groups in total. The Hall–Kier alpha value is -4.33. The zero-order valence-corrected chi connectivity index (χ0v) is 17.6. The van der Waals surface area contributed by atoms with Crippen molar-refractivity contribution in [3.8, 4) is 11.5 Å². The van der Waals surface area contributed by atoms with Gasteiger partial charge in [0.1, 0.15) is 11.5 Å². The van der Waals surface area contributed by atoms with Crippen molar-refractivity contribution < 1.29 is 28.6 Å². The van der Waals surface area contributed by atoms with E-state index in [4.69, 9.17) is 14.2 Å². The molecule has 0 saturated carbocycles. The minimum absolute atomic E-state index is 0.201. The second-order valence-electron chi connectivity index (χ2n) is 6.46. The van der Waals surface area contributed by atoms with E-state index >= 15 is 0 Å². The maximum Gasteiger partial charge on any atom is 0.513 e. The van der Waals surface area contributed by atoms with Gasteiger partial charge in [0.25, 0.3) is 11.8 Å². The molecule has 3 rings (SSSR count). The zero-order valence-electron chi connectivity index (χ0n) is 17.6. The summed E-state index contributed by atoms with van der Waals surface area (Å²) in [6, 6.07) is 19.7. The number of hydrogen-bond acceptors (Lipinski definition) is 6. The van der Waals surface area contributed by atoms with Crippen LogP contribution in [0.25, 0.3) is 0 Å². The molecule has 0 aromatic heterocycles. The van der Waals surface area contributed by atoms with Gasteiger partial charge in [-0.3, -0.25) is 9.59 Å². The van der Waals surface area contributed by atoms with Crippen LogP contribution in [0.1, 0.15) is 27.6 Å². The van der Waals surface area contributed by atoms with Crippen LogP contribution in [0.5, 0.6) is 11.5 Å². The Balaban J connectivity index is 1.71. The SMILES string of the molecule is CCOC(=O)Oc1ccc(C(=O)Nc2ccccc2NC(=O)c2ccccc2OC)cc1. The molecule has 0 atom stereocenters. The zero-order chi connectivity index (χ0) is 22.9. The highest BCUT2D eigenvalue weighted by Gasteiger charge is 2.15. The summed E-state index contributed by atoms with van der Waals surface area (Å²) in [5, 5.41) is 5.57. The summed E-state index contributed by atoms with van der Waals surface area (Å²) in [6.07, 6.45) is -0.815. The van der Waals surface area contributed by atoms with Gasteiger partial charge in [-0.15, -0.1) is 0 Å². The van der Waals surface area contributed by atoms with E-state index in [2.05, 4.69) is 10.6 Å². The molecule has 8 heteroatoms. The Morgan fingerprint density at radius 2 is 1.38 bits per heavy atom. The Morgan fingerprint density at radius 3 is 2.00 bits per heavy atom. The topological polar surface area (TPSA) is 103 Å². The van der Waals surface area contributed by atoms with E-state index in [1.807, 2.05) is 0 Å². The molecule has 3 aromatic carbocycles. The first-order chi connectivity index (χ1) is 15.5. The highest BCUT2D eigenvalue weighted by molar-refractivity contribution is 6.10. The molecule has 164 valence electrons. The number of carbonyl (C=O) groups is 3. The van der Waals surface area contributed by atoms with Gasteiger partial charge in [0.15, 0.2) is 0 Å². The van der Waals surface area contributed by atoms with E-state index in [1.54, 1.807) is 55.5 Å². The third-order valence-corrected chi connectivity index (χ3v) is 4.35. The molecular formula is C24H22N2O6. The lowest BCUT2D eigenvalue weighted by atomic mass is 10.1. The van der Waals surface area contributed by atoms with Gasteiger partial charge in [-0.1, -0.05) is 24.3 Å². The number of methoxy groups -OCH3 is 1. The lowest BCUT2D eigenvalue weighted by molar-refractivity contribution is 0.101. The van der Waals surface area contributed by atoms with Gasteiger partial charge in [0, 0.05) is 5.56 Å². The van der Waals surface area contributed by atoms with Crippen molar-refractivity contribution in [3.63, 3.8) is 0 Å². The Labute approximate surface area is 185 Å². The van der Waals surface area contributed by atoms with Crippen molar-refractivity contribution in [1.82, 2.24) is 0 Å². The van der Waals surface area contributed by atoms with Crippen molar-refractivity contribution >= 4 is 29.3 Å². The molecule has 0 aliphatic rings. The number of anilines is 2. The molecule has 8 nitrogen and oxygen atoms in total. The molecule has 3 aromatic rings. The van der Waals surface area contributed by atoms with Gasteiger partial charge in [0.2, 0.25) is 0 Å². The number of nitrogens with one attached hydrogen (secondary N) is 2. The lowest BCUT2D eigenvalue weighted by Gasteiger charge is -2.14. The van der Waals surface area contributed by atoms with Crippen molar-refractivity contribution in [2.75, 3.05) is 24.4 Å². The van der Waals surface area contributed by atoms with E-state index < -0.39 is 12.1 Å². The van der Waals surface area contributed by atoms with Gasteiger partial charge < -0.3 is 24.8 Å². The van der Waals surface area contributed by atoms with E-state index in [0.717, 1.165) is 0 Å². The van der Waals surface area contributed by atoms with Crippen molar-refractivity contribution in [3.05, 3.63) is 83.9 Å². The summed E-state index contributed by atoms with van der Waals surface area (Å²) in [7, 11) is 1.49. The van der Waals surface area contributed by atoms with Gasteiger partial charge >= 0.3 is 6.16 Å². The molecule has 0 fully saturated rings. The van der Waals surface area contributed by atoms with E-state index in [9.17, 15) is 14.4 Å². The summed E-state index contributed by atoms with van der Waals surface area (Å²) in [6.45, 7) is 1.87. The predicted octanol–water partition coefficient (Wildman–Crippen LogP) is 4.74. The number of rotatable bonds is 7. The van der Waals surface area contributed by atoms with Crippen LogP contribution in [-0.2, 0) is 4.74 Å². The molecular weight excluding hydrogens is 412 g/mol. The van der Waals surface area contributed by atoms with Gasteiger partial charge in [-0.05, 0) is 55.5 Å². The predicted molar refractivity (Wildman–Crippen MR) is 119 cm³/mol.